The van der Waals surface area contributed by atoms with E-state index in [9.17, 15) is 19.3 Å². The molecule has 1 heterocycles. The Kier molecular flexibility index (Phi) is 5.46. The first-order chi connectivity index (χ1) is 13.0. The number of benzene rings is 2. The quantitative estimate of drug-likeness (QED) is 0.388. The van der Waals surface area contributed by atoms with Crippen molar-refractivity contribution in [2.75, 3.05) is 6.61 Å². The van der Waals surface area contributed by atoms with Gasteiger partial charge in [-0.15, -0.1) is 5.10 Å². The lowest BCUT2D eigenvalue weighted by Gasteiger charge is -2.06. The third-order valence-electron chi connectivity index (χ3n) is 3.49. The highest BCUT2D eigenvalue weighted by molar-refractivity contribution is 7.99. The summed E-state index contributed by atoms with van der Waals surface area (Å²) in [6.07, 6.45) is 0. The van der Waals surface area contributed by atoms with Gasteiger partial charge in [0.15, 0.2) is 5.69 Å². The first kappa shape index (κ1) is 18.5. The maximum absolute atomic E-state index is 13.0. The Morgan fingerprint density at radius 1 is 1.26 bits per heavy atom. The van der Waals surface area contributed by atoms with Crippen LogP contribution in [0.4, 0.5) is 10.1 Å². The van der Waals surface area contributed by atoms with Crippen molar-refractivity contribution in [3.63, 3.8) is 0 Å². The number of rotatable bonds is 6. The van der Waals surface area contributed by atoms with E-state index in [2.05, 4.69) is 15.4 Å². The highest BCUT2D eigenvalue weighted by atomic mass is 32.2. The first-order valence-electron chi connectivity index (χ1n) is 7.79. The molecule has 1 N–H and O–H groups in total. The van der Waals surface area contributed by atoms with Gasteiger partial charge in [0.2, 0.25) is 0 Å². The third kappa shape index (κ3) is 4.11. The minimum Gasteiger partial charge on any atom is -0.461 e. The number of carbonyl (C=O) groups excluding carboxylic acids is 1. The topological polar surface area (TPSA) is 111 Å². The number of hydrogen-bond donors (Lipinski definition) is 1. The number of nitro groups is 1. The van der Waals surface area contributed by atoms with Gasteiger partial charge < -0.3 is 4.74 Å². The van der Waals surface area contributed by atoms with E-state index in [0.29, 0.717) is 15.4 Å². The number of carbonyl (C=O) groups is 1. The fourth-order valence-corrected chi connectivity index (χ4v) is 3.20. The predicted octanol–water partition coefficient (Wildman–Crippen LogP) is 3.85. The Labute approximate surface area is 156 Å². The summed E-state index contributed by atoms with van der Waals surface area (Å²) in [7, 11) is 0. The van der Waals surface area contributed by atoms with Gasteiger partial charge in [-0.05, 0) is 37.3 Å². The number of aromatic amines is 1. The van der Waals surface area contributed by atoms with E-state index < -0.39 is 10.9 Å². The summed E-state index contributed by atoms with van der Waals surface area (Å²) < 4.78 is 17.9. The largest absolute Gasteiger partial charge is 0.461 e. The number of aromatic nitrogens is 3. The number of H-pyrrole nitrogens is 1. The van der Waals surface area contributed by atoms with Gasteiger partial charge >= 0.3 is 5.97 Å². The molecule has 10 heteroatoms. The van der Waals surface area contributed by atoms with Crippen LogP contribution in [0.15, 0.2) is 52.3 Å². The molecule has 27 heavy (non-hydrogen) atoms. The molecule has 138 valence electrons. The van der Waals surface area contributed by atoms with Crippen molar-refractivity contribution in [1.82, 2.24) is 15.4 Å². The van der Waals surface area contributed by atoms with Crippen LogP contribution >= 0.6 is 11.8 Å². The third-order valence-corrected chi connectivity index (χ3v) is 4.56. The zero-order valence-electron chi connectivity index (χ0n) is 14.0. The standard InChI is InChI=1S/C17H13FN4O4S/c1-2-26-17(23)16-15(19-21-20-16)10-3-8-14(13(9-10)22(24)25)27-12-6-4-11(18)5-7-12/h3-9H,2H2,1H3,(H,19,20,21). The number of nitrogens with zero attached hydrogens (tertiary/aromatic N) is 3. The molecule has 0 unspecified atom stereocenters. The van der Waals surface area contributed by atoms with Crippen LogP contribution in [0, 0.1) is 15.9 Å². The van der Waals surface area contributed by atoms with Crippen LogP contribution in [0.1, 0.15) is 17.4 Å². The summed E-state index contributed by atoms with van der Waals surface area (Å²) in [5.41, 5.74) is 0.293. The molecule has 8 nitrogen and oxygen atoms in total. The van der Waals surface area contributed by atoms with Crippen LogP contribution < -0.4 is 0 Å². The van der Waals surface area contributed by atoms with Crippen LogP contribution in [0.3, 0.4) is 0 Å². The number of nitro benzene ring substituents is 1. The molecule has 0 atom stereocenters. The Hall–Kier alpha value is -3.27. The van der Waals surface area contributed by atoms with E-state index in [1.54, 1.807) is 19.1 Å². The van der Waals surface area contributed by atoms with Gasteiger partial charge in [0, 0.05) is 16.5 Å². The highest BCUT2D eigenvalue weighted by Crippen LogP contribution is 2.37. The van der Waals surface area contributed by atoms with Crippen molar-refractivity contribution < 1.29 is 18.8 Å². The molecule has 0 amide bonds. The van der Waals surface area contributed by atoms with Gasteiger partial charge in [-0.25, -0.2) is 9.18 Å². The number of ether oxygens (including phenoxy) is 1. The van der Waals surface area contributed by atoms with Gasteiger partial charge in [-0.2, -0.15) is 10.3 Å². The Bertz CT molecular complexity index is 991. The van der Waals surface area contributed by atoms with Crippen molar-refractivity contribution in [1.29, 1.82) is 0 Å². The molecule has 1 aromatic heterocycles. The van der Waals surface area contributed by atoms with Gasteiger partial charge in [-0.3, -0.25) is 10.1 Å². The van der Waals surface area contributed by atoms with Crippen molar-refractivity contribution in [3.8, 4) is 11.3 Å². The predicted molar refractivity (Wildman–Crippen MR) is 95.0 cm³/mol. The molecule has 0 bridgehead atoms. The van der Waals surface area contributed by atoms with Crippen molar-refractivity contribution in [2.45, 2.75) is 16.7 Å². The van der Waals surface area contributed by atoms with Crippen LogP contribution in [-0.2, 0) is 4.74 Å². The summed E-state index contributed by atoms with van der Waals surface area (Å²) >= 11 is 1.13. The fraction of sp³-hybridized carbons (Fsp3) is 0.118. The zero-order chi connectivity index (χ0) is 19.4. The molecule has 0 saturated heterocycles. The summed E-state index contributed by atoms with van der Waals surface area (Å²) in [6, 6.07) is 10.1. The van der Waals surface area contributed by atoms with E-state index in [1.165, 1.54) is 30.3 Å². The fourth-order valence-electron chi connectivity index (χ4n) is 2.30. The minimum absolute atomic E-state index is 0.0508. The smallest absolute Gasteiger partial charge is 0.361 e. The van der Waals surface area contributed by atoms with E-state index in [1.807, 2.05) is 0 Å². The average molecular weight is 388 g/mol. The Balaban J connectivity index is 1.97. The molecular formula is C17H13FN4O4S. The summed E-state index contributed by atoms with van der Waals surface area (Å²) in [5, 5.41) is 21.5. The van der Waals surface area contributed by atoms with E-state index in [0.717, 1.165) is 11.8 Å². The maximum atomic E-state index is 13.0. The second kappa shape index (κ2) is 7.96. The van der Waals surface area contributed by atoms with E-state index >= 15 is 0 Å². The van der Waals surface area contributed by atoms with Gasteiger partial charge in [0.1, 0.15) is 11.5 Å². The molecule has 0 spiro atoms. The lowest BCUT2D eigenvalue weighted by atomic mass is 10.1. The van der Waals surface area contributed by atoms with Crippen LogP contribution in [0.5, 0.6) is 0 Å². The lowest BCUT2D eigenvalue weighted by molar-refractivity contribution is -0.387. The monoisotopic (exact) mass is 388 g/mol. The average Bonchev–Trinajstić information content (AvgIpc) is 3.14. The van der Waals surface area contributed by atoms with Crippen LogP contribution in [-0.4, -0.2) is 32.9 Å². The molecule has 3 aromatic rings. The highest BCUT2D eigenvalue weighted by Gasteiger charge is 2.23. The molecule has 0 aliphatic rings. The van der Waals surface area contributed by atoms with E-state index in [-0.39, 0.29) is 29.5 Å². The summed E-state index contributed by atoms with van der Waals surface area (Å²) in [6.45, 7) is 1.82. The molecule has 0 radical (unpaired) electrons. The van der Waals surface area contributed by atoms with Crippen molar-refractivity contribution in [2.24, 2.45) is 0 Å². The summed E-state index contributed by atoms with van der Waals surface area (Å²) in [5.74, 6) is -1.06. The number of hydrogen-bond acceptors (Lipinski definition) is 7. The first-order valence-corrected chi connectivity index (χ1v) is 8.61. The molecule has 0 fully saturated rings. The summed E-state index contributed by atoms with van der Waals surface area (Å²) in [4.78, 5) is 23.9. The second-order valence-electron chi connectivity index (χ2n) is 5.24. The second-order valence-corrected chi connectivity index (χ2v) is 6.35. The van der Waals surface area contributed by atoms with Crippen molar-refractivity contribution in [3.05, 3.63) is 64.1 Å². The van der Waals surface area contributed by atoms with E-state index in [4.69, 9.17) is 4.74 Å². The normalized spacial score (nSPS) is 10.6. The Morgan fingerprint density at radius 2 is 2.00 bits per heavy atom. The zero-order valence-corrected chi connectivity index (χ0v) is 14.8. The molecule has 0 aliphatic carbocycles. The van der Waals surface area contributed by atoms with Crippen LogP contribution in [0.2, 0.25) is 0 Å². The molecule has 2 aromatic carbocycles. The Morgan fingerprint density at radius 3 is 2.67 bits per heavy atom. The van der Waals surface area contributed by atoms with Gasteiger partial charge in [0.25, 0.3) is 5.69 Å². The number of esters is 1. The molecule has 3 rings (SSSR count). The van der Waals surface area contributed by atoms with Crippen LogP contribution in [0.25, 0.3) is 11.3 Å². The molecule has 0 aliphatic heterocycles. The minimum atomic E-state index is -0.673. The van der Waals surface area contributed by atoms with Gasteiger partial charge in [0.05, 0.1) is 16.4 Å². The molecule has 0 saturated carbocycles. The maximum Gasteiger partial charge on any atom is 0.361 e. The lowest BCUT2D eigenvalue weighted by Crippen LogP contribution is -2.06. The molecular weight excluding hydrogens is 375 g/mol. The van der Waals surface area contributed by atoms with Crippen molar-refractivity contribution >= 4 is 23.4 Å². The van der Waals surface area contributed by atoms with Gasteiger partial charge in [-0.1, -0.05) is 17.8 Å². The number of halogens is 1. The number of nitrogens with one attached hydrogen (secondary N) is 1. The SMILES string of the molecule is CCOC(=O)c1n[nH]nc1-c1ccc(Sc2ccc(F)cc2)c([N+](=O)[O-])c1.